The Hall–Kier alpha value is -2.10. The van der Waals surface area contributed by atoms with Gasteiger partial charge in [-0.2, -0.15) is 13.2 Å². The van der Waals surface area contributed by atoms with Gasteiger partial charge in [-0.15, -0.1) is 5.10 Å². The number of halogens is 5. The van der Waals surface area contributed by atoms with E-state index in [2.05, 4.69) is 10.1 Å². The zero-order chi connectivity index (χ0) is 20.0. The van der Waals surface area contributed by atoms with E-state index in [4.69, 9.17) is 23.2 Å². The molecule has 0 fully saturated rings. The molecule has 142 valence electrons. The van der Waals surface area contributed by atoms with Crippen LogP contribution in [0.1, 0.15) is 5.82 Å². The number of aromatic nitrogens is 3. The largest absolute Gasteiger partial charge is 0.453 e. The Morgan fingerprint density at radius 1 is 1.04 bits per heavy atom. The van der Waals surface area contributed by atoms with Crippen LogP contribution in [0.25, 0.3) is 17.1 Å². The molecule has 0 saturated heterocycles. The first-order chi connectivity index (χ1) is 12.5. The maximum atomic E-state index is 13.1. The van der Waals surface area contributed by atoms with Crippen molar-refractivity contribution in [3.63, 3.8) is 0 Å². The van der Waals surface area contributed by atoms with Crippen LogP contribution in [-0.2, 0) is 16.0 Å². The standard InChI is InChI=1S/C16H10Cl2F3N3O2S/c1-27(25,26)11-5-3-10(4-6-11)24-14(22-15(23-24)16(19,20)21)12-8-9(17)2-7-13(12)18/h2-8H,1H3. The molecule has 0 bridgehead atoms. The van der Waals surface area contributed by atoms with Crippen molar-refractivity contribution in [3.05, 3.63) is 58.3 Å². The second-order valence-corrected chi connectivity index (χ2v) is 8.42. The predicted molar refractivity (Wildman–Crippen MR) is 94.9 cm³/mol. The van der Waals surface area contributed by atoms with Crippen LogP contribution in [-0.4, -0.2) is 29.4 Å². The Labute approximate surface area is 162 Å². The summed E-state index contributed by atoms with van der Waals surface area (Å²) in [4.78, 5) is 3.59. The Morgan fingerprint density at radius 3 is 2.22 bits per heavy atom. The van der Waals surface area contributed by atoms with Gasteiger partial charge in [-0.05, 0) is 42.5 Å². The number of nitrogens with zero attached hydrogens (tertiary/aromatic N) is 3. The van der Waals surface area contributed by atoms with Crippen LogP contribution in [0.5, 0.6) is 0 Å². The molecule has 3 aromatic rings. The second-order valence-electron chi connectivity index (χ2n) is 5.56. The van der Waals surface area contributed by atoms with Crippen molar-refractivity contribution in [2.75, 3.05) is 6.26 Å². The van der Waals surface area contributed by atoms with Crippen molar-refractivity contribution >= 4 is 33.0 Å². The van der Waals surface area contributed by atoms with Crippen molar-refractivity contribution < 1.29 is 21.6 Å². The van der Waals surface area contributed by atoms with Crippen LogP contribution in [0.4, 0.5) is 13.2 Å². The first-order valence-electron chi connectivity index (χ1n) is 7.27. The molecule has 0 atom stereocenters. The first kappa shape index (κ1) is 19.7. The van der Waals surface area contributed by atoms with Crippen molar-refractivity contribution in [2.24, 2.45) is 0 Å². The van der Waals surface area contributed by atoms with Crippen LogP contribution in [0.2, 0.25) is 10.0 Å². The molecule has 0 aliphatic heterocycles. The lowest BCUT2D eigenvalue weighted by Crippen LogP contribution is -2.08. The predicted octanol–water partition coefficient (Wildman–Crippen LogP) is 4.66. The molecule has 0 unspecified atom stereocenters. The van der Waals surface area contributed by atoms with E-state index in [-0.39, 0.29) is 32.0 Å². The zero-order valence-corrected chi connectivity index (χ0v) is 15.8. The van der Waals surface area contributed by atoms with Gasteiger partial charge in [-0.25, -0.2) is 18.1 Å². The topological polar surface area (TPSA) is 64.8 Å². The number of sulfone groups is 1. The Bertz CT molecular complexity index is 1110. The highest BCUT2D eigenvalue weighted by Crippen LogP contribution is 2.34. The van der Waals surface area contributed by atoms with Gasteiger partial charge in [-0.1, -0.05) is 23.2 Å². The lowest BCUT2D eigenvalue weighted by Gasteiger charge is -2.08. The van der Waals surface area contributed by atoms with Crippen LogP contribution in [0.15, 0.2) is 47.4 Å². The van der Waals surface area contributed by atoms with E-state index in [1.54, 1.807) is 0 Å². The molecule has 2 aromatic carbocycles. The molecule has 0 radical (unpaired) electrons. The van der Waals surface area contributed by atoms with E-state index in [1.165, 1.54) is 42.5 Å². The SMILES string of the molecule is CS(=O)(=O)c1ccc(-n2nc(C(F)(F)F)nc2-c2cc(Cl)ccc2Cl)cc1. The molecule has 0 spiro atoms. The molecule has 0 aliphatic carbocycles. The van der Waals surface area contributed by atoms with Gasteiger partial charge in [0.2, 0.25) is 0 Å². The minimum absolute atomic E-state index is 0.0183. The summed E-state index contributed by atoms with van der Waals surface area (Å²) in [6, 6.07) is 9.47. The minimum Gasteiger partial charge on any atom is -0.224 e. The summed E-state index contributed by atoms with van der Waals surface area (Å²) in [5.74, 6) is -1.54. The molecule has 5 nitrogen and oxygen atoms in total. The normalized spacial score (nSPS) is 12.4. The lowest BCUT2D eigenvalue weighted by molar-refractivity contribution is -0.144. The van der Waals surface area contributed by atoms with Crippen molar-refractivity contribution in [1.82, 2.24) is 14.8 Å². The Morgan fingerprint density at radius 2 is 1.67 bits per heavy atom. The van der Waals surface area contributed by atoms with E-state index in [9.17, 15) is 21.6 Å². The van der Waals surface area contributed by atoms with E-state index in [1.807, 2.05) is 0 Å². The highest BCUT2D eigenvalue weighted by atomic mass is 35.5. The summed E-state index contributed by atoms with van der Waals surface area (Å²) in [6.45, 7) is 0. The third kappa shape index (κ3) is 4.10. The van der Waals surface area contributed by atoms with Crippen molar-refractivity contribution in [3.8, 4) is 17.1 Å². The van der Waals surface area contributed by atoms with Gasteiger partial charge < -0.3 is 0 Å². The zero-order valence-electron chi connectivity index (χ0n) is 13.5. The summed E-state index contributed by atoms with van der Waals surface area (Å²) in [7, 11) is -3.46. The third-order valence-electron chi connectivity index (χ3n) is 3.54. The summed E-state index contributed by atoms with van der Waals surface area (Å²) < 4.78 is 63.5. The maximum Gasteiger partial charge on any atom is 0.453 e. The maximum absolute atomic E-state index is 13.1. The highest BCUT2D eigenvalue weighted by Gasteiger charge is 2.37. The average molecular weight is 436 g/mol. The van der Waals surface area contributed by atoms with Crippen LogP contribution < -0.4 is 0 Å². The minimum atomic E-state index is -4.78. The molecule has 0 amide bonds. The number of hydrogen-bond donors (Lipinski definition) is 0. The highest BCUT2D eigenvalue weighted by molar-refractivity contribution is 7.90. The van der Waals surface area contributed by atoms with Crippen LogP contribution in [0, 0.1) is 0 Å². The third-order valence-corrected chi connectivity index (χ3v) is 5.23. The summed E-state index contributed by atoms with van der Waals surface area (Å²) in [6.07, 6.45) is -3.76. The number of alkyl halides is 3. The monoisotopic (exact) mass is 435 g/mol. The summed E-state index contributed by atoms with van der Waals surface area (Å²) in [5.41, 5.74) is 0.329. The average Bonchev–Trinajstić information content (AvgIpc) is 3.02. The molecular weight excluding hydrogens is 426 g/mol. The van der Waals surface area contributed by atoms with Gasteiger partial charge in [0.15, 0.2) is 15.7 Å². The number of hydrogen-bond acceptors (Lipinski definition) is 4. The molecule has 27 heavy (non-hydrogen) atoms. The molecule has 3 rings (SSSR count). The van der Waals surface area contributed by atoms with Gasteiger partial charge in [-0.3, -0.25) is 0 Å². The fraction of sp³-hybridized carbons (Fsp3) is 0.125. The lowest BCUT2D eigenvalue weighted by atomic mass is 10.2. The molecule has 0 saturated carbocycles. The molecule has 1 heterocycles. The van der Waals surface area contributed by atoms with Gasteiger partial charge in [0.1, 0.15) is 0 Å². The van der Waals surface area contributed by atoms with Gasteiger partial charge in [0.05, 0.1) is 15.6 Å². The van der Waals surface area contributed by atoms with Crippen LogP contribution in [0.3, 0.4) is 0 Å². The fourth-order valence-electron chi connectivity index (χ4n) is 2.29. The summed E-state index contributed by atoms with van der Waals surface area (Å²) >= 11 is 12.0. The van der Waals surface area contributed by atoms with Crippen LogP contribution >= 0.6 is 23.2 Å². The van der Waals surface area contributed by atoms with E-state index in [0.717, 1.165) is 10.9 Å². The van der Waals surface area contributed by atoms with Crippen molar-refractivity contribution in [1.29, 1.82) is 0 Å². The molecule has 0 aliphatic rings. The molecular formula is C16H10Cl2F3N3O2S. The molecule has 11 heteroatoms. The van der Waals surface area contributed by atoms with E-state index < -0.39 is 21.8 Å². The number of benzene rings is 2. The van der Waals surface area contributed by atoms with Gasteiger partial charge >= 0.3 is 6.18 Å². The quantitative estimate of drug-likeness (QED) is 0.599. The Balaban J connectivity index is 2.23. The molecule has 0 N–H and O–H groups in total. The molecule has 1 aromatic heterocycles. The van der Waals surface area contributed by atoms with Gasteiger partial charge in [0, 0.05) is 16.8 Å². The second kappa shape index (κ2) is 6.81. The summed E-state index contributed by atoms with van der Waals surface area (Å²) in [5, 5.41) is 3.91. The van der Waals surface area contributed by atoms with Gasteiger partial charge in [0.25, 0.3) is 5.82 Å². The van der Waals surface area contributed by atoms with E-state index >= 15 is 0 Å². The van der Waals surface area contributed by atoms with E-state index in [0.29, 0.717) is 0 Å². The fourth-order valence-corrected chi connectivity index (χ4v) is 3.29. The number of rotatable bonds is 3. The smallest absolute Gasteiger partial charge is 0.224 e. The first-order valence-corrected chi connectivity index (χ1v) is 9.92. The Kier molecular flexibility index (Phi) is 4.96. The van der Waals surface area contributed by atoms with Crippen molar-refractivity contribution in [2.45, 2.75) is 11.1 Å².